The van der Waals surface area contributed by atoms with Crippen molar-refractivity contribution in [2.24, 2.45) is 5.73 Å². The van der Waals surface area contributed by atoms with Crippen molar-refractivity contribution in [3.63, 3.8) is 0 Å². The Morgan fingerprint density at radius 3 is 2.62 bits per heavy atom. The first kappa shape index (κ1) is 18.1. The second-order valence-electron chi connectivity index (χ2n) is 5.45. The summed E-state index contributed by atoms with van der Waals surface area (Å²) in [5, 5.41) is 0.358. The van der Waals surface area contributed by atoms with Crippen molar-refractivity contribution in [3.05, 3.63) is 47.5 Å². The molecule has 1 unspecified atom stereocenters. The molecule has 11 heteroatoms. The molecule has 0 radical (unpaired) electrons. The van der Waals surface area contributed by atoms with Gasteiger partial charge in [-0.05, 0) is 31.2 Å². The van der Waals surface area contributed by atoms with Crippen LogP contribution in [-0.2, 0) is 15.3 Å². The molecule has 0 aliphatic carbocycles. The lowest BCUT2D eigenvalue weighted by molar-refractivity contribution is -0.214. The number of alkyl halides is 3. The molecule has 0 fully saturated rings. The summed E-state index contributed by atoms with van der Waals surface area (Å²) in [6.45, 7) is 1.09. The van der Waals surface area contributed by atoms with Crippen LogP contribution in [0.15, 0.2) is 36.7 Å². The summed E-state index contributed by atoms with van der Waals surface area (Å²) in [7, 11) is 0. The highest BCUT2D eigenvalue weighted by molar-refractivity contribution is 6.30. The number of hydrogen-bond acceptors (Lipinski definition) is 6. The van der Waals surface area contributed by atoms with Crippen molar-refractivity contribution in [2.75, 3.05) is 0 Å². The van der Waals surface area contributed by atoms with E-state index in [9.17, 15) is 18.0 Å². The number of imidazole rings is 1. The molecule has 136 valence electrons. The molecule has 0 spiro atoms. The number of rotatable bonds is 3. The van der Waals surface area contributed by atoms with Crippen molar-refractivity contribution >= 4 is 28.7 Å². The van der Waals surface area contributed by atoms with Gasteiger partial charge in [0.1, 0.15) is 5.82 Å². The zero-order valence-electron chi connectivity index (χ0n) is 13.2. The van der Waals surface area contributed by atoms with Crippen LogP contribution >= 0.6 is 11.6 Å². The first-order valence-corrected chi connectivity index (χ1v) is 7.52. The first-order chi connectivity index (χ1) is 12.1. The SMILES string of the molecule is CC(N)(OC(=O)C(F)(F)F)c1nc2ncccc2n1-c1ccc(Cl)cn1. The van der Waals surface area contributed by atoms with Crippen LogP contribution in [0, 0.1) is 0 Å². The van der Waals surface area contributed by atoms with Gasteiger partial charge in [0.15, 0.2) is 11.5 Å². The average Bonchev–Trinajstić information content (AvgIpc) is 2.95. The van der Waals surface area contributed by atoms with Crippen molar-refractivity contribution < 1.29 is 22.7 Å². The van der Waals surface area contributed by atoms with E-state index >= 15 is 0 Å². The summed E-state index contributed by atoms with van der Waals surface area (Å²) >= 11 is 5.82. The van der Waals surface area contributed by atoms with E-state index in [1.165, 1.54) is 29.1 Å². The van der Waals surface area contributed by atoms with E-state index < -0.39 is 17.9 Å². The van der Waals surface area contributed by atoms with Crippen LogP contribution in [0.4, 0.5) is 13.2 Å². The zero-order chi connectivity index (χ0) is 19.1. The minimum atomic E-state index is -5.20. The van der Waals surface area contributed by atoms with Gasteiger partial charge in [-0.3, -0.25) is 10.3 Å². The molecule has 7 nitrogen and oxygen atoms in total. The summed E-state index contributed by atoms with van der Waals surface area (Å²) < 4.78 is 43.5. The largest absolute Gasteiger partial charge is 0.491 e. The fourth-order valence-corrected chi connectivity index (χ4v) is 2.39. The number of carbonyl (C=O) groups excluding carboxylic acids is 1. The molecule has 0 aromatic carbocycles. The van der Waals surface area contributed by atoms with Gasteiger partial charge in [-0.2, -0.15) is 13.2 Å². The summed E-state index contributed by atoms with van der Waals surface area (Å²) in [5.41, 5.74) is 4.27. The highest BCUT2D eigenvalue weighted by Crippen LogP contribution is 2.29. The van der Waals surface area contributed by atoms with Crippen LogP contribution < -0.4 is 5.73 Å². The summed E-state index contributed by atoms with van der Waals surface area (Å²) in [6, 6.07) is 6.28. The monoisotopic (exact) mass is 385 g/mol. The zero-order valence-corrected chi connectivity index (χ0v) is 13.9. The van der Waals surface area contributed by atoms with E-state index in [0.29, 0.717) is 10.5 Å². The maximum Gasteiger partial charge on any atom is 0.491 e. The fraction of sp³-hybridized carbons (Fsp3) is 0.200. The molecule has 0 aliphatic heterocycles. The number of carbonyl (C=O) groups is 1. The van der Waals surface area contributed by atoms with Crippen LogP contribution in [0.3, 0.4) is 0 Å². The van der Waals surface area contributed by atoms with E-state index in [0.717, 1.165) is 6.92 Å². The normalized spacial score (nSPS) is 14.2. The van der Waals surface area contributed by atoms with E-state index in [-0.39, 0.29) is 17.3 Å². The Bertz CT molecular complexity index is 970. The molecule has 0 bridgehead atoms. The van der Waals surface area contributed by atoms with Gasteiger partial charge in [-0.25, -0.2) is 19.7 Å². The Balaban J connectivity index is 2.18. The van der Waals surface area contributed by atoms with Crippen molar-refractivity contribution in [3.8, 4) is 5.82 Å². The number of halogens is 4. The lowest BCUT2D eigenvalue weighted by Gasteiger charge is -2.25. The Labute approximate surface area is 149 Å². The van der Waals surface area contributed by atoms with Gasteiger partial charge in [0.05, 0.1) is 10.5 Å². The van der Waals surface area contributed by atoms with Gasteiger partial charge in [0.25, 0.3) is 0 Å². The third-order valence-corrected chi connectivity index (χ3v) is 3.58. The van der Waals surface area contributed by atoms with Crippen molar-refractivity contribution in [1.29, 1.82) is 0 Å². The lowest BCUT2D eigenvalue weighted by atomic mass is 10.2. The second kappa shape index (κ2) is 6.22. The lowest BCUT2D eigenvalue weighted by Crippen LogP contribution is -2.44. The molecule has 0 amide bonds. The Morgan fingerprint density at radius 1 is 1.27 bits per heavy atom. The van der Waals surface area contributed by atoms with Crippen LogP contribution in [-0.4, -0.2) is 31.7 Å². The van der Waals surface area contributed by atoms with Gasteiger partial charge >= 0.3 is 12.1 Å². The minimum Gasteiger partial charge on any atom is -0.430 e. The fourth-order valence-electron chi connectivity index (χ4n) is 2.27. The number of hydrogen-bond donors (Lipinski definition) is 1. The minimum absolute atomic E-state index is 0.182. The number of nitrogens with zero attached hydrogens (tertiary/aromatic N) is 4. The molecule has 3 aromatic heterocycles. The Hall–Kier alpha value is -2.72. The number of ether oxygens (including phenoxy) is 1. The van der Waals surface area contributed by atoms with Gasteiger partial charge in [0, 0.05) is 12.4 Å². The van der Waals surface area contributed by atoms with Crippen LogP contribution in [0.25, 0.3) is 17.0 Å². The maximum atomic E-state index is 12.6. The third kappa shape index (κ3) is 3.33. The molecule has 0 aliphatic rings. The molecule has 1 atom stereocenters. The van der Waals surface area contributed by atoms with Gasteiger partial charge in [0.2, 0.25) is 5.72 Å². The van der Waals surface area contributed by atoms with Gasteiger partial charge in [-0.15, -0.1) is 0 Å². The smallest absolute Gasteiger partial charge is 0.430 e. The standard InChI is InChI=1S/C15H11ClF3N5O2/c1-14(20,26-13(25)15(17,18)19)12-23-11-9(3-2-6-21-11)24(12)10-5-4-8(16)7-22-10/h2-7H,20H2,1H3. The topological polar surface area (TPSA) is 95.9 Å². The molecular weight excluding hydrogens is 375 g/mol. The molecule has 0 saturated heterocycles. The van der Waals surface area contributed by atoms with Crippen LogP contribution in [0.5, 0.6) is 0 Å². The number of aromatic nitrogens is 4. The molecule has 26 heavy (non-hydrogen) atoms. The van der Waals surface area contributed by atoms with E-state index in [1.54, 1.807) is 12.1 Å². The van der Waals surface area contributed by atoms with Gasteiger partial charge in [-0.1, -0.05) is 11.6 Å². The van der Waals surface area contributed by atoms with Crippen molar-refractivity contribution in [2.45, 2.75) is 18.8 Å². The predicted molar refractivity (Wildman–Crippen MR) is 85.4 cm³/mol. The van der Waals surface area contributed by atoms with Crippen LogP contribution in [0.2, 0.25) is 5.02 Å². The van der Waals surface area contributed by atoms with Crippen LogP contribution in [0.1, 0.15) is 12.7 Å². The number of esters is 1. The molecule has 3 aromatic rings. The number of nitrogens with two attached hydrogens (primary N) is 1. The molecule has 3 rings (SSSR count). The Morgan fingerprint density at radius 2 is 2.00 bits per heavy atom. The summed E-state index contributed by atoms with van der Waals surface area (Å²) in [5.74, 6) is -2.35. The molecular formula is C15H11ClF3N5O2. The highest BCUT2D eigenvalue weighted by Gasteiger charge is 2.46. The Kier molecular flexibility index (Phi) is 4.32. The average molecular weight is 386 g/mol. The molecule has 0 saturated carbocycles. The number of fused-ring (bicyclic) bond motifs is 1. The molecule has 2 N–H and O–H groups in total. The number of pyridine rings is 2. The first-order valence-electron chi connectivity index (χ1n) is 7.14. The van der Waals surface area contributed by atoms with Gasteiger partial charge < -0.3 is 4.74 Å². The molecule has 3 heterocycles. The summed E-state index contributed by atoms with van der Waals surface area (Å²) in [4.78, 5) is 23.5. The third-order valence-electron chi connectivity index (χ3n) is 3.35. The second-order valence-corrected chi connectivity index (χ2v) is 5.88. The predicted octanol–water partition coefficient (Wildman–Crippen LogP) is 2.71. The highest BCUT2D eigenvalue weighted by atomic mass is 35.5. The summed E-state index contributed by atoms with van der Waals surface area (Å²) in [6.07, 6.45) is -2.40. The maximum absolute atomic E-state index is 12.6. The van der Waals surface area contributed by atoms with Crippen molar-refractivity contribution in [1.82, 2.24) is 19.5 Å². The van der Waals surface area contributed by atoms with E-state index in [1.807, 2.05) is 0 Å². The van der Waals surface area contributed by atoms with E-state index in [2.05, 4.69) is 19.7 Å². The quantitative estimate of drug-likeness (QED) is 0.550. The van der Waals surface area contributed by atoms with E-state index in [4.69, 9.17) is 17.3 Å².